The summed E-state index contributed by atoms with van der Waals surface area (Å²) in [6.07, 6.45) is -0.542. The highest BCUT2D eigenvalue weighted by atomic mass is 35.5. The SMILES string of the molecule is CC(C)(O/N=C(\C(=O)CC1C(=O)N2C[C@@](C(=O)O)(N3CCN(NC(=O)C(=O)c4ccc(O)c(O)c4Cl)C(=O)C3=O)S[C@H]12)c1csc(N)n1)C(=O)O. The molecule has 23 heteroatoms. The molecule has 3 fully saturated rings. The number of rotatable bonds is 12. The number of aliphatic carboxylic acids is 2. The molecule has 3 aliphatic rings. The number of benzene rings is 1. The second-order valence-corrected chi connectivity index (χ2v) is 14.4. The number of thiazole rings is 1. The highest BCUT2D eigenvalue weighted by Crippen LogP contribution is 2.52. The van der Waals surface area contributed by atoms with Crippen molar-refractivity contribution in [2.24, 2.45) is 11.1 Å². The van der Waals surface area contributed by atoms with Gasteiger partial charge in [-0.1, -0.05) is 28.5 Å². The lowest BCUT2D eigenvalue weighted by molar-refractivity contribution is -0.168. The summed E-state index contributed by atoms with van der Waals surface area (Å²) in [6.45, 7) is 0.842. The number of aromatic hydroxyl groups is 2. The number of hydrazine groups is 1. The molecule has 270 valence electrons. The van der Waals surface area contributed by atoms with Gasteiger partial charge in [-0.2, -0.15) is 0 Å². The number of hydrogen-bond donors (Lipinski definition) is 6. The third-order valence-electron chi connectivity index (χ3n) is 8.04. The fraction of sp³-hybridized carbons (Fsp3) is 0.357. The number of aromatic nitrogens is 1. The Bertz CT molecular complexity index is 1950. The van der Waals surface area contributed by atoms with Crippen LogP contribution in [0.1, 0.15) is 36.3 Å². The van der Waals surface area contributed by atoms with Gasteiger partial charge in [-0.15, -0.1) is 11.3 Å². The summed E-state index contributed by atoms with van der Waals surface area (Å²) in [7, 11) is 0. The van der Waals surface area contributed by atoms with Gasteiger partial charge < -0.3 is 40.8 Å². The normalized spacial score (nSPS) is 22.0. The molecular formula is C28H26ClN7O13S2. The molecule has 1 aromatic heterocycles. The van der Waals surface area contributed by atoms with Crippen LogP contribution < -0.4 is 11.2 Å². The number of Topliss-reactive ketones (excluding diaryl/α,β-unsaturated/α-hetero) is 2. The van der Waals surface area contributed by atoms with E-state index in [4.69, 9.17) is 22.2 Å². The van der Waals surface area contributed by atoms with E-state index in [1.54, 1.807) is 0 Å². The maximum Gasteiger partial charge on any atom is 0.350 e. The highest BCUT2D eigenvalue weighted by molar-refractivity contribution is 8.02. The minimum absolute atomic E-state index is 0.0497. The van der Waals surface area contributed by atoms with E-state index in [0.717, 1.165) is 33.3 Å². The summed E-state index contributed by atoms with van der Waals surface area (Å²) in [5.41, 5.74) is 4.77. The van der Waals surface area contributed by atoms with E-state index in [1.165, 1.54) is 19.2 Å². The molecule has 0 aliphatic carbocycles. The zero-order valence-corrected chi connectivity index (χ0v) is 28.6. The first kappa shape index (κ1) is 36.8. The molecule has 4 amide bonds. The van der Waals surface area contributed by atoms with Gasteiger partial charge in [-0.05, 0) is 26.0 Å². The number of phenols is 2. The van der Waals surface area contributed by atoms with Crippen LogP contribution in [0.15, 0.2) is 22.7 Å². The highest BCUT2D eigenvalue weighted by Gasteiger charge is 2.66. The average Bonchev–Trinajstić information content (AvgIpc) is 3.67. The fourth-order valence-electron chi connectivity index (χ4n) is 5.19. The van der Waals surface area contributed by atoms with Crippen molar-refractivity contribution in [3.05, 3.63) is 33.8 Å². The first-order valence-electron chi connectivity index (χ1n) is 14.5. The lowest BCUT2D eigenvalue weighted by atomic mass is 9.90. The molecule has 0 spiro atoms. The Labute approximate surface area is 298 Å². The number of hydrogen-bond acceptors (Lipinski definition) is 16. The molecule has 4 heterocycles. The molecule has 2 aromatic rings. The van der Waals surface area contributed by atoms with Gasteiger partial charge in [0.1, 0.15) is 5.69 Å². The van der Waals surface area contributed by atoms with Crippen LogP contribution in [-0.4, -0.2) is 129 Å². The zero-order chi connectivity index (χ0) is 37.7. The van der Waals surface area contributed by atoms with Crippen molar-refractivity contribution < 1.29 is 63.6 Å². The monoisotopic (exact) mass is 767 g/mol. The number of phenolic OH excluding ortho intramolecular Hbond substituents is 2. The molecule has 0 bridgehead atoms. The lowest BCUT2D eigenvalue weighted by Crippen LogP contribution is -2.67. The van der Waals surface area contributed by atoms with Crippen LogP contribution in [0.5, 0.6) is 11.5 Å². The average molecular weight is 768 g/mol. The predicted molar refractivity (Wildman–Crippen MR) is 173 cm³/mol. The largest absolute Gasteiger partial charge is 0.504 e. The Balaban J connectivity index is 1.30. The summed E-state index contributed by atoms with van der Waals surface area (Å²) >= 11 is 7.43. The van der Waals surface area contributed by atoms with E-state index in [-0.39, 0.29) is 10.8 Å². The Morgan fingerprint density at radius 2 is 1.82 bits per heavy atom. The second-order valence-electron chi connectivity index (χ2n) is 11.7. The number of thioether (sulfide) groups is 1. The predicted octanol–water partition coefficient (Wildman–Crippen LogP) is -0.770. The molecule has 3 aliphatic heterocycles. The van der Waals surface area contributed by atoms with Gasteiger partial charge >= 0.3 is 29.7 Å². The van der Waals surface area contributed by atoms with Crippen molar-refractivity contribution in [2.75, 3.05) is 25.4 Å². The molecule has 0 saturated carbocycles. The number of β-lactam (4-membered cyclic amide) rings is 1. The van der Waals surface area contributed by atoms with Crippen LogP contribution in [0.25, 0.3) is 0 Å². The van der Waals surface area contributed by atoms with E-state index >= 15 is 0 Å². The number of nitrogens with one attached hydrogen (secondary N) is 1. The minimum Gasteiger partial charge on any atom is -0.504 e. The number of fused-ring (bicyclic) bond motifs is 1. The molecule has 7 N–H and O–H groups in total. The van der Waals surface area contributed by atoms with Gasteiger partial charge in [-0.3, -0.25) is 34.2 Å². The van der Waals surface area contributed by atoms with E-state index in [9.17, 15) is 58.8 Å². The number of nitrogens with two attached hydrogens (primary N) is 1. The van der Waals surface area contributed by atoms with Crippen LogP contribution in [0.2, 0.25) is 5.02 Å². The van der Waals surface area contributed by atoms with Crippen molar-refractivity contribution in [2.45, 2.75) is 36.1 Å². The maximum absolute atomic E-state index is 13.4. The second kappa shape index (κ2) is 13.3. The zero-order valence-electron chi connectivity index (χ0n) is 26.2. The van der Waals surface area contributed by atoms with Crippen LogP contribution in [0, 0.1) is 5.92 Å². The summed E-state index contributed by atoms with van der Waals surface area (Å²) in [4.78, 5) is 111. The first-order valence-corrected chi connectivity index (χ1v) is 16.6. The number of anilines is 1. The molecular weight excluding hydrogens is 742 g/mol. The molecule has 5 rings (SSSR count). The van der Waals surface area contributed by atoms with E-state index in [0.29, 0.717) is 16.8 Å². The fourth-order valence-corrected chi connectivity index (χ4v) is 7.68. The first-order chi connectivity index (χ1) is 23.8. The van der Waals surface area contributed by atoms with Gasteiger partial charge in [0.25, 0.3) is 5.78 Å². The van der Waals surface area contributed by atoms with Gasteiger partial charge in [0.2, 0.25) is 16.4 Å². The van der Waals surface area contributed by atoms with E-state index in [2.05, 4.69) is 10.1 Å². The number of carbonyl (C=O) groups excluding carboxylic acids is 6. The van der Waals surface area contributed by atoms with Gasteiger partial charge in [0.05, 0.1) is 35.0 Å². The molecule has 51 heavy (non-hydrogen) atoms. The standard InChI is InChI=1S/C28H26ClN7O13S2/c1-27(2,24(45)46)49-33-16(12-8-50-26(30)31-12)14(38)7-11-20(42)34-9-28(25(47)48,51-23(11)34)35-5-6-36(22(44)21(35)43)32-19(41)17(39)10-3-4-13(37)18(40)15(10)29/h3-4,8,11,23,37,40H,5-7,9H2,1-2H3,(H2,30,31)(H,32,41)(H,45,46)(H,47,48)/b33-16-/t11?,23-,28-/m1/s1. The summed E-state index contributed by atoms with van der Waals surface area (Å²) in [6, 6.07) is 1.84. The van der Waals surface area contributed by atoms with Gasteiger partial charge in [0.15, 0.2) is 28.1 Å². The number of halogens is 1. The van der Waals surface area contributed by atoms with Crippen molar-refractivity contribution in [3.63, 3.8) is 0 Å². The number of oxime groups is 1. The van der Waals surface area contributed by atoms with Crippen molar-refractivity contribution in [1.29, 1.82) is 0 Å². The third kappa shape index (κ3) is 6.47. The Morgan fingerprint density at radius 1 is 1.14 bits per heavy atom. The molecule has 3 saturated heterocycles. The number of amides is 4. The quantitative estimate of drug-likeness (QED) is 0.0386. The van der Waals surface area contributed by atoms with Crippen molar-refractivity contribution in [3.8, 4) is 11.5 Å². The molecule has 1 unspecified atom stereocenters. The number of ketones is 2. The summed E-state index contributed by atoms with van der Waals surface area (Å²) in [5.74, 6) is -12.7. The Hall–Kier alpha value is -5.48. The van der Waals surface area contributed by atoms with Gasteiger partial charge in [-0.25, -0.2) is 19.6 Å². The minimum atomic E-state index is -2.19. The Morgan fingerprint density at radius 3 is 2.43 bits per heavy atom. The molecule has 0 radical (unpaired) electrons. The van der Waals surface area contributed by atoms with Crippen molar-refractivity contribution in [1.82, 2.24) is 25.2 Å². The number of carbonyl (C=O) groups is 8. The lowest BCUT2D eigenvalue weighted by Gasteiger charge is -2.41. The number of carboxylic acid groups (broad SMARTS) is 2. The number of piperazine rings is 1. The van der Waals surface area contributed by atoms with Crippen LogP contribution >= 0.6 is 34.7 Å². The van der Waals surface area contributed by atoms with Crippen LogP contribution in [-0.2, 0) is 38.4 Å². The van der Waals surface area contributed by atoms with Crippen molar-refractivity contribution >= 4 is 92.7 Å². The van der Waals surface area contributed by atoms with Crippen LogP contribution in [0.3, 0.4) is 0 Å². The number of nitrogen functional groups attached to an aromatic ring is 1. The number of nitrogens with zero attached hydrogens (tertiary/aromatic N) is 5. The molecule has 20 nitrogen and oxygen atoms in total. The van der Waals surface area contributed by atoms with Gasteiger partial charge in [0, 0.05) is 18.3 Å². The smallest absolute Gasteiger partial charge is 0.350 e. The maximum atomic E-state index is 13.4. The third-order valence-corrected chi connectivity index (χ3v) is 10.8. The molecule has 1 aromatic carbocycles. The van der Waals surface area contributed by atoms with E-state index < -0.39 is 123 Å². The van der Waals surface area contributed by atoms with E-state index in [1.807, 2.05) is 5.43 Å². The Kier molecular flexibility index (Phi) is 9.62. The van der Waals surface area contributed by atoms with Crippen LogP contribution in [0.4, 0.5) is 5.13 Å². The summed E-state index contributed by atoms with van der Waals surface area (Å²) in [5, 5.41) is 43.0. The topological polar surface area (TPSA) is 300 Å². The molecule has 3 atom stereocenters. The summed E-state index contributed by atoms with van der Waals surface area (Å²) < 4.78 is 0. The number of carboxylic acids is 2.